The molecule has 0 heterocycles. The van der Waals surface area contributed by atoms with Crippen molar-refractivity contribution in [1.82, 2.24) is 0 Å². The predicted molar refractivity (Wildman–Crippen MR) is 78.2 cm³/mol. The van der Waals surface area contributed by atoms with E-state index in [1.54, 1.807) is 0 Å². The Kier molecular flexibility index (Phi) is 5.03. The van der Waals surface area contributed by atoms with Crippen LogP contribution in [-0.4, -0.2) is 18.1 Å². The van der Waals surface area contributed by atoms with Crippen molar-refractivity contribution >= 4 is 17.3 Å². The molecule has 5 heteroatoms. The second-order valence-electron chi connectivity index (χ2n) is 5.22. The zero-order chi connectivity index (χ0) is 14.5. The van der Waals surface area contributed by atoms with Crippen LogP contribution in [0.5, 0.6) is 5.75 Å². The quantitative estimate of drug-likeness (QED) is 0.659. The van der Waals surface area contributed by atoms with Crippen LogP contribution >= 0.6 is 0 Å². The van der Waals surface area contributed by atoms with Crippen molar-refractivity contribution < 1.29 is 9.53 Å². The molecule has 1 aromatic carbocycles. The normalized spacial score (nSPS) is 11.1. The highest BCUT2D eigenvalue weighted by Gasteiger charge is 2.21. The smallest absolute Gasteiger partial charge is 0.219 e. The molecule has 0 atom stereocenters. The summed E-state index contributed by atoms with van der Waals surface area (Å²) >= 11 is 0. The first kappa shape index (κ1) is 15.1. The molecule has 5 N–H and O–H groups in total. The molecule has 0 radical (unpaired) electrons. The van der Waals surface area contributed by atoms with Crippen LogP contribution < -0.4 is 21.5 Å². The number of nitrogen functional groups attached to an aromatic ring is 1. The highest BCUT2D eigenvalue weighted by molar-refractivity contribution is 5.77. The summed E-state index contributed by atoms with van der Waals surface area (Å²) in [5, 5.41) is 3.23. The summed E-state index contributed by atoms with van der Waals surface area (Å²) in [5.41, 5.74) is 12.1. The Hall–Kier alpha value is -1.91. The summed E-state index contributed by atoms with van der Waals surface area (Å²) in [6.45, 7) is 6.46. The summed E-state index contributed by atoms with van der Waals surface area (Å²) < 4.78 is 5.57. The van der Waals surface area contributed by atoms with Crippen LogP contribution in [0.2, 0.25) is 0 Å². The van der Waals surface area contributed by atoms with Crippen LogP contribution in [-0.2, 0) is 4.79 Å². The van der Waals surface area contributed by atoms with E-state index in [-0.39, 0.29) is 12.3 Å². The van der Waals surface area contributed by atoms with Gasteiger partial charge in [-0.05, 0) is 32.4 Å². The van der Waals surface area contributed by atoms with E-state index < -0.39 is 5.54 Å². The summed E-state index contributed by atoms with van der Waals surface area (Å²) in [6.07, 6.45) is 1.15. The van der Waals surface area contributed by atoms with Crippen LogP contribution in [0.25, 0.3) is 0 Å². The lowest BCUT2D eigenvalue weighted by molar-refractivity contribution is -0.118. The fourth-order valence-corrected chi connectivity index (χ4v) is 1.84. The molecule has 0 saturated carbocycles. The maximum Gasteiger partial charge on any atom is 0.219 e. The first-order valence-electron chi connectivity index (χ1n) is 6.43. The number of ether oxygens (including phenoxy) is 1. The van der Waals surface area contributed by atoms with E-state index in [2.05, 4.69) is 5.32 Å². The largest absolute Gasteiger partial charge is 0.491 e. The van der Waals surface area contributed by atoms with Gasteiger partial charge in [0.25, 0.3) is 0 Å². The van der Waals surface area contributed by atoms with Crippen molar-refractivity contribution in [3.63, 3.8) is 0 Å². The highest BCUT2D eigenvalue weighted by atomic mass is 16.5. The van der Waals surface area contributed by atoms with Gasteiger partial charge in [-0.2, -0.15) is 0 Å². The number of primary amides is 1. The molecule has 0 saturated heterocycles. The van der Waals surface area contributed by atoms with Gasteiger partial charge in [0.05, 0.1) is 18.0 Å². The van der Waals surface area contributed by atoms with Gasteiger partial charge in [0.1, 0.15) is 5.75 Å². The molecule has 0 spiro atoms. The minimum Gasteiger partial charge on any atom is -0.491 e. The van der Waals surface area contributed by atoms with Crippen LogP contribution in [0, 0.1) is 0 Å². The van der Waals surface area contributed by atoms with E-state index in [1.165, 1.54) is 0 Å². The van der Waals surface area contributed by atoms with Gasteiger partial charge in [0.2, 0.25) is 5.91 Å². The van der Waals surface area contributed by atoms with Gasteiger partial charge in [-0.1, -0.05) is 13.0 Å². The summed E-state index contributed by atoms with van der Waals surface area (Å²) in [5.74, 6) is 0.302. The molecule has 0 aliphatic rings. The molecule has 1 amide bonds. The van der Waals surface area contributed by atoms with Gasteiger partial charge < -0.3 is 21.5 Å². The van der Waals surface area contributed by atoms with Crippen LogP contribution in [0.15, 0.2) is 18.2 Å². The number of carbonyl (C=O) groups excluding carboxylic acids is 1. The van der Waals surface area contributed by atoms with Crippen molar-refractivity contribution in [3.8, 4) is 5.75 Å². The van der Waals surface area contributed by atoms with E-state index >= 15 is 0 Å². The number of hydrogen-bond acceptors (Lipinski definition) is 4. The number of nitrogens with one attached hydrogen (secondary N) is 1. The Balaban J connectivity index is 2.86. The topological polar surface area (TPSA) is 90.4 Å². The summed E-state index contributed by atoms with van der Waals surface area (Å²) in [6, 6.07) is 5.55. The lowest BCUT2D eigenvalue weighted by Gasteiger charge is -2.27. The lowest BCUT2D eigenvalue weighted by atomic mass is 9.99. The van der Waals surface area contributed by atoms with E-state index in [1.807, 2.05) is 39.0 Å². The first-order valence-corrected chi connectivity index (χ1v) is 6.43. The monoisotopic (exact) mass is 265 g/mol. The molecule has 106 valence electrons. The van der Waals surface area contributed by atoms with E-state index in [0.29, 0.717) is 18.0 Å². The Morgan fingerprint density at radius 2 is 2.11 bits per heavy atom. The van der Waals surface area contributed by atoms with Crippen LogP contribution in [0.1, 0.15) is 33.6 Å². The van der Waals surface area contributed by atoms with Gasteiger partial charge >= 0.3 is 0 Å². The maximum atomic E-state index is 11.0. The molecule has 1 rings (SSSR count). The van der Waals surface area contributed by atoms with Gasteiger partial charge in [0.15, 0.2) is 0 Å². The van der Waals surface area contributed by atoms with Crippen LogP contribution in [0.4, 0.5) is 11.4 Å². The van der Waals surface area contributed by atoms with Crippen LogP contribution in [0.3, 0.4) is 0 Å². The molecule has 5 nitrogen and oxygen atoms in total. The van der Waals surface area contributed by atoms with E-state index in [4.69, 9.17) is 16.2 Å². The minimum atomic E-state index is -0.455. The number of nitrogens with two attached hydrogens (primary N) is 2. The standard InChI is InChI=1S/C14H23N3O2/c1-4-8-19-11-7-5-6-10(13(11)16)17-14(2,3)9-12(15)18/h5-7,17H,4,8-9,16H2,1-3H3,(H2,15,18). The van der Waals surface area contributed by atoms with Crippen molar-refractivity contribution in [1.29, 1.82) is 0 Å². The third-order valence-electron chi connectivity index (χ3n) is 2.62. The van der Waals surface area contributed by atoms with E-state index in [0.717, 1.165) is 12.1 Å². The number of hydrogen-bond donors (Lipinski definition) is 3. The summed E-state index contributed by atoms with van der Waals surface area (Å²) in [4.78, 5) is 11.0. The molecular formula is C14H23N3O2. The number of carbonyl (C=O) groups is 1. The maximum absolute atomic E-state index is 11.0. The molecule has 0 unspecified atom stereocenters. The van der Waals surface area contributed by atoms with Crippen molar-refractivity contribution in [3.05, 3.63) is 18.2 Å². The fraction of sp³-hybridized carbons (Fsp3) is 0.500. The number of benzene rings is 1. The second-order valence-corrected chi connectivity index (χ2v) is 5.22. The van der Waals surface area contributed by atoms with Gasteiger partial charge in [0, 0.05) is 12.0 Å². The van der Waals surface area contributed by atoms with Gasteiger partial charge in [-0.25, -0.2) is 0 Å². The minimum absolute atomic E-state index is 0.229. The predicted octanol–water partition coefficient (Wildman–Crippen LogP) is 2.12. The van der Waals surface area contributed by atoms with Crippen molar-refractivity contribution in [2.45, 2.75) is 39.2 Å². The Morgan fingerprint density at radius 1 is 1.42 bits per heavy atom. The molecular weight excluding hydrogens is 242 g/mol. The molecule has 0 fully saturated rings. The fourth-order valence-electron chi connectivity index (χ4n) is 1.84. The zero-order valence-electron chi connectivity index (χ0n) is 11.8. The molecule has 0 aliphatic heterocycles. The Labute approximate surface area is 114 Å². The third-order valence-corrected chi connectivity index (χ3v) is 2.62. The SMILES string of the molecule is CCCOc1cccc(NC(C)(C)CC(N)=O)c1N. The second kappa shape index (κ2) is 6.31. The average Bonchev–Trinajstić information content (AvgIpc) is 2.28. The average molecular weight is 265 g/mol. The lowest BCUT2D eigenvalue weighted by Crippen LogP contribution is -2.36. The van der Waals surface area contributed by atoms with Crippen molar-refractivity contribution in [2.24, 2.45) is 5.73 Å². The highest BCUT2D eigenvalue weighted by Crippen LogP contribution is 2.31. The van der Waals surface area contributed by atoms with Crippen molar-refractivity contribution in [2.75, 3.05) is 17.7 Å². The van der Waals surface area contributed by atoms with Gasteiger partial charge in [-0.3, -0.25) is 4.79 Å². The number of para-hydroxylation sites is 1. The number of rotatable bonds is 7. The summed E-state index contributed by atoms with van der Waals surface area (Å²) in [7, 11) is 0. The molecule has 0 aliphatic carbocycles. The number of anilines is 2. The number of amides is 1. The van der Waals surface area contributed by atoms with E-state index in [9.17, 15) is 4.79 Å². The third kappa shape index (κ3) is 4.69. The van der Waals surface area contributed by atoms with Gasteiger partial charge in [-0.15, -0.1) is 0 Å². The first-order chi connectivity index (χ1) is 8.85. The molecule has 0 bridgehead atoms. The Bertz CT molecular complexity index is 444. The molecule has 1 aromatic rings. The molecule has 19 heavy (non-hydrogen) atoms. The zero-order valence-corrected chi connectivity index (χ0v) is 11.8. The molecule has 0 aromatic heterocycles. The Morgan fingerprint density at radius 3 is 2.68 bits per heavy atom.